The van der Waals surface area contributed by atoms with Crippen LogP contribution >= 0.6 is 0 Å². The summed E-state index contributed by atoms with van der Waals surface area (Å²) in [6.45, 7) is 1.83. The van der Waals surface area contributed by atoms with E-state index in [2.05, 4.69) is 17.4 Å². The van der Waals surface area contributed by atoms with Crippen molar-refractivity contribution < 1.29 is 22.4 Å². The zero-order chi connectivity index (χ0) is 24.4. The number of benzene rings is 2. The molecular formula is C25H29N3O6S. The maximum Gasteiger partial charge on any atom is 0.419 e. The van der Waals surface area contributed by atoms with Gasteiger partial charge in [0.25, 0.3) is 0 Å². The van der Waals surface area contributed by atoms with Crippen LogP contribution in [0.2, 0.25) is 0 Å². The lowest BCUT2D eigenvalue weighted by Crippen LogP contribution is -2.29. The minimum atomic E-state index is -3.61. The fourth-order valence-electron chi connectivity index (χ4n) is 4.80. The lowest BCUT2D eigenvalue weighted by molar-refractivity contribution is -0.121. The molecule has 1 amide bonds. The summed E-state index contributed by atoms with van der Waals surface area (Å²) in [5, 5.41) is 2.80. The number of ether oxygens (including phenoxy) is 1. The Morgan fingerprint density at radius 2 is 1.83 bits per heavy atom. The third kappa shape index (κ3) is 4.99. The first-order valence-corrected chi connectivity index (χ1v) is 13.5. The molecule has 0 unspecified atom stereocenters. The first kappa shape index (κ1) is 23.6. The zero-order valence-corrected chi connectivity index (χ0v) is 20.3. The minimum absolute atomic E-state index is 0.0845. The van der Waals surface area contributed by atoms with Gasteiger partial charge in [0, 0.05) is 32.1 Å². The molecule has 2 heterocycles. The Morgan fingerprint density at radius 1 is 1.03 bits per heavy atom. The van der Waals surface area contributed by atoms with Gasteiger partial charge in [0.2, 0.25) is 15.9 Å². The number of nitrogens with zero attached hydrogens (tertiary/aromatic N) is 2. The van der Waals surface area contributed by atoms with Crippen LogP contribution in [0.5, 0.6) is 5.75 Å². The number of fused-ring (bicyclic) bond motifs is 2. The molecule has 1 saturated heterocycles. The molecule has 35 heavy (non-hydrogen) atoms. The Morgan fingerprint density at radius 3 is 2.66 bits per heavy atom. The summed E-state index contributed by atoms with van der Waals surface area (Å²) in [4.78, 5) is 24.7. The first-order chi connectivity index (χ1) is 16.9. The summed E-state index contributed by atoms with van der Waals surface area (Å²) >= 11 is 0. The standard InChI is InChI=1S/C25H29N3O6S/c29-24(26-11-15-33-20-7-6-18-4-3-5-19(18)16-20)10-14-28-22-9-8-21(17-23(22)34-25(28)30)35(31,32)27-12-1-2-13-27/h6-9,16-17H,1-5,10-15H2,(H,26,29). The fraction of sp³-hybridized carbons (Fsp3) is 0.440. The molecule has 186 valence electrons. The molecule has 2 aromatic carbocycles. The van der Waals surface area contributed by atoms with Crippen LogP contribution in [0.3, 0.4) is 0 Å². The van der Waals surface area contributed by atoms with Gasteiger partial charge >= 0.3 is 5.76 Å². The molecule has 0 bridgehead atoms. The molecule has 1 N–H and O–H groups in total. The van der Waals surface area contributed by atoms with Gasteiger partial charge in [0.1, 0.15) is 12.4 Å². The molecule has 1 aromatic heterocycles. The summed E-state index contributed by atoms with van der Waals surface area (Å²) in [5.74, 6) is -0.0251. The van der Waals surface area contributed by atoms with Crippen molar-refractivity contribution in [1.29, 1.82) is 0 Å². The number of rotatable bonds is 9. The second kappa shape index (κ2) is 9.87. The van der Waals surface area contributed by atoms with Gasteiger partial charge < -0.3 is 14.5 Å². The molecule has 10 heteroatoms. The van der Waals surface area contributed by atoms with Crippen molar-refractivity contribution in [2.75, 3.05) is 26.2 Å². The van der Waals surface area contributed by atoms with E-state index in [1.165, 1.54) is 38.6 Å². The average Bonchev–Trinajstić information content (AvgIpc) is 3.60. The van der Waals surface area contributed by atoms with E-state index in [0.29, 0.717) is 31.8 Å². The second-order valence-electron chi connectivity index (χ2n) is 8.99. The quantitative estimate of drug-likeness (QED) is 0.453. The van der Waals surface area contributed by atoms with Crippen LogP contribution in [-0.4, -0.2) is 49.4 Å². The van der Waals surface area contributed by atoms with Gasteiger partial charge in [-0.25, -0.2) is 13.2 Å². The molecule has 0 spiro atoms. The number of nitrogens with one attached hydrogen (secondary N) is 1. The Kier molecular flexibility index (Phi) is 6.66. The van der Waals surface area contributed by atoms with Crippen molar-refractivity contribution in [3.8, 4) is 5.75 Å². The van der Waals surface area contributed by atoms with E-state index in [1.807, 2.05) is 6.07 Å². The van der Waals surface area contributed by atoms with E-state index < -0.39 is 15.8 Å². The van der Waals surface area contributed by atoms with E-state index in [0.717, 1.165) is 31.4 Å². The van der Waals surface area contributed by atoms with Crippen LogP contribution in [0.15, 0.2) is 50.5 Å². The topological polar surface area (TPSA) is 111 Å². The third-order valence-corrected chi connectivity index (χ3v) is 8.56. The van der Waals surface area contributed by atoms with Crippen LogP contribution in [0.4, 0.5) is 0 Å². The monoisotopic (exact) mass is 499 g/mol. The van der Waals surface area contributed by atoms with Gasteiger partial charge in [0.05, 0.1) is 17.0 Å². The second-order valence-corrected chi connectivity index (χ2v) is 10.9. The van der Waals surface area contributed by atoms with Crippen molar-refractivity contribution >= 4 is 27.0 Å². The highest BCUT2D eigenvalue weighted by atomic mass is 32.2. The number of carbonyl (C=O) groups excluding carboxylic acids is 1. The number of amides is 1. The average molecular weight is 500 g/mol. The largest absolute Gasteiger partial charge is 0.492 e. The van der Waals surface area contributed by atoms with Crippen molar-refractivity contribution in [3.63, 3.8) is 0 Å². The molecule has 1 aliphatic heterocycles. The van der Waals surface area contributed by atoms with E-state index in [9.17, 15) is 18.0 Å². The summed E-state index contributed by atoms with van der Waals surface area (Å²) < 4.78 is 39.4. The van der Waals surface area contributed by atoms with Gasteiger partial charge in [0.15, 0.2) is 5.58 Å². The summed E-state index contributed by atoms with van der Waals surface area (Å²) in [5.41, 5.74) is 3.38. The molecular weight excluding hydrogens is 470 g/mol. The van der Waals surface area contributed by atoms with Crippen molar-refractivity contribution in [1.82, 2.24) is 14.2 Å². The molecule has 1 aliphatic carbocycles. The fourth-order valence-corrected chi connectivity index (χ4v) is 6.33. The van der Waals surface area contributed by atoms with Crippen LogP contribution in [0, 0.1) is 0 Å². The normalized spacial score (nSPS) is 16.0. The SMILES string of the molecule is O=C(CCn1c(=O)oc2cc(S(=O)(=O)N3CCCC3)ccc21)NCCOc1ccc2c(c1)CCC2. The molecule has 0 radical (unpaired) electrons. The Balaban J connectivity index is 1.15. The molecule has 3 aromatic rings. The van der Waals surface area contributed by atoms with E-state index in [4.69, 9.17) is 9.15 Å². The Labute approximate surface area is 203 Å². The third-order valence-electron chi connectivity index (χ3n) is 6.67. The molecule has 0 saturated carbocycles. The highest BCUT2D eigenvalue weighted by Gasteiger charge is 2.28. The number of hydrogen-bond acceptors (Lipinski definition) is 6. The number of aryl methyl sites for hydroxylation is 3. The summed E-state index contributed by atoms with van der Waals surface area (Å²) in [6.07, 6.45) is 5.16. The number of aromatic nitrogens is 1. The van der Waals surface area contributed by atoms with Gasteiger partial charge in [-0.05, 0) is 67.5 Å². The van der Waals surface area contributed by atoms with E-state index >= 15 is 0 Å². The molecule has 9 nitrogen and oxygen atoms in total. The van der Waals surface area contributed by atoms with Crippen molar-refractivity contribution in [3.05, 3.63) is 58.1 Å². The van der Waals surface area contributed by atoms with Crippen LogP contribution in [-0.2, 0) is 34.2 Å². The Bertz CT molecular complexity index is 1400. The highest BCUT2D eigenvalue weighted by Crippen LogP contribution is 2.26. The van der Waals surface area contributed by atoms with Crippen molar-refractivity contribution in [2.24, 2.45) is 0 Å². The van der Waals surface area contributed by atoms with Crippen LogP contribution < -0.4 is 15.8 Å². The predicted octanol–water partition coefficient (Wildman–Crippen LogP) is 2.45. The van der Waals surface area contributed by atoms with E-state index in [-0.39, 0.29) is 29.4 Å². The lowest BCUT2D eigenvalue weighted by Gasteiger charge is -2.15. The highest BCUT2D eigenvalue weighted by molar-refractivity contribution is 7.89. The van der Waals surface area contributed by atoms with Gasteiger partial charge in [-0.3, -0.25) is 9.36 Å². The maximum absolute atomic E-state index is 12.8. The molecule has 1 fully saturated rings. The van der Waals surface area contributed by atoms with Crippen molar-refractivity contribution in [2.45, 2.75) is 50.0 Å². The molecule has 0 atom stereocenters. The number of oxazole rings is 1. The van der Waals surface area contributed by atoms with Crippen LogP contribution in [0.25, 0.3) is 11.1 Å². The van der Waals surface area contributed by atoms with Gasteiger partial charge in [-0.2, -0.15) is 4.31 Å². The molecule has 5 rings (SSSR count). The van der Waals surface area contributed by atoms with Gasteiger partial charge in [-0.15, -0.1) is 0 Å². The lowest BCUT2D eigenvalue weighted by atomic mass is 10.1. The van der Waals surface area contributed by atoms with Crippen LogP contribution in [0.1, 0.15) is 36.8 Å². The molecule has 2 aliphatic rings. The van der Waals surface area contributed by atoms with Gasteiger partial charge in [-0.1, -0.05) is 6.07 Å². The number of sulfonamides is 1. The predicted molar refractivity (Wildman–Crippen MR) is 130 cm³/mol. The smallest absolute Gasteiger partial charge is 0.419 e. The number of carbonyl (C=O) groups is 1. The zero-order valence-electron chi connectivity index (χ0n) is 19.5. The summed E-state index contributed by atoms with van der Waals surface area (Å²) in [7, 11) is -3.61. The Hall–Kier alpha value is -3.11. The van der Waals surface area contributed by atoms with E-state index in [1.54, 1.807) is 6.07 Å². The number of hydrogen-bond donors (Lipinski definition) is 1. The first-order valence-electron chi connectivity index (χ1n) is 12.1. The minimum Gasteiger partial charge on any atom is -0.492 e. The summed E-state index contributed by atoms with van der Waals surface area (Å²) in [6, 6.07) is 10.6. The maximum atomic E-state index is 12.8.